The maximum atomic E-state index is 12.3. The molecule has 0 spiro atoms. The molecule has 0 aliphatic carbocycles. The average Bonchev–Trinajstić information content (AvgIpc) is 2.79. The summed E-state index contributed by atoms with van der Waals surface area (Å²) >= 11 is 0. The summed E-state index contributed by atoms with van der Waals surface area (Å²) in [5.74, 6) is 0.805. The van der Waals surface area contributed by atoms with E-state index in [1.807, 2.05) is 67.5 Å². The molecule has 2 N–H and O–H groups in total. The Balaban J connectivity index is 1.56. The molecule has 0 aliphatic heterocycles. The van der Waals surface area contributed by atoms with Gasteiger partial charge in [0.15, 0.2) is 0 Å². The molecule has 0 radical (unpaired) electrons. The van der Waals surface area contributed by atoms with Crippen LogP contribution in [0.15, 0.2) is 66.9 Å². The predicted octanol–water partition coefficient (Wildman–Crippen LogP) is 3.27. The Kier molecular flexibility index (Phi) is 7.22. The van der Waals surface area contributed by atoms with E-state index in [0.717, 1.165) is 11.3 Å². The van der Waals surface area contributed by atoms with Gasteiger partial charge in [0.25, 0.3) is 11.8 Å². The summed E-state index contributed by atoms with van der Waals surface area (Å²) in [7, 11) is 5.48. The summed E-state index contributed by atoms with van der Waals surface area (Å²) in [6.45, 7) is 0.508. The van der Waals surface area contributed by atoms with E-state index in [-0.39, 0.29) is 17.5 Å². The second-order valence-electron chi connectivity index (χ2n) is 7.15. The van der Waals surface area contributed by atoms with E-state index in [4.69, 9.17) is 4.74 Å². The Bertz CT molecular complexity index is 1050. The van der Waals surface area contributed by atoms with E-state index >= 15 is 0 Å². The molecule has 0 bridgehead atoms. The molecule has 1 aromatic heterocycles. The number of nitrogens with zero attached hydrogens (tertiary/aromatic N) is 2. The Hall–Kier alpha value is -3.87. The van der Waals surface area contributed by atoms with Crippen molar-refractivity contribution in [2.75, 3.05) is 32.6 Å². The van der Waals surface area contributed by atoms with E-state index in [0.29, 0.717) is 30.0 Å². The highest BCUT2D eigenvalue weighted by molar-refractivity contribution is 5.94. The first kappa shape index (κ1) is 21.8. The fraction of sp³-hybridized carbons (Fsp3) is 0.208. The van der Waals surface area contributed by atoms with Crippen molar-refractivity contribution < 1.29 is 14.3 Å². The van der Waals surface area contributed by atoms with E-state index in [2.05, 4.69) is 15.6 Å². The normalized spacial score (nSPS) is 10.3. The number of ether oxygens (including phenoxy) is 1. The van der Waals surface area contributed by atoms with E-state index in [9.17, 15) is 9.59 Å². The smallest absolute Gasteiger partial charge is 0.269 e. The molecule has 3 rings (SSSR count). The van der Waals surface area contributed by atoms with Crippen molar-refractivity contribution in [2.24, 2.45) is 0 Å². The van der Waals surface area contributed by atoms with Crippen LogP contribution in [0.3, 0.4) is 0 Å². The molecule has 7 heteroatoms. The summed E-state index contributed by atoms with van der Waals surface area (Å²) in [6.07, 6.45) is 2.20. The zero-order valence-electron chi connectivity index (χ0n) is 17.9. The minimum absolute atomic E-state index is 0.101. The third-order valence-electron chi connectivity index (χ3n) is 4.67. The van der Waals surface area contributed by atoms with Crippen LogP contribution in [0.4, 0.5) is 5.69 Å². The number of hydrogen-bond donors (Lipinski definition) is 2. The second kappa shape index (κ2) is 10.2. The third kappa shape index (κ3) is 6.05. The van der Waals surface area contributed by atoms with Crippen molar-refractivity contribution >= 4 is 17.5 Å². The van der Waals surface area contributed by atoms with Crippen LogP contribution in [0, 0.1) is 0 Å². The molecule has 0 saturated carbocycles. The number of amides is 2. The van der Waals surface area contributed by atoms with Gasteiger partial charge in [-0.2, -0.15) is 0 Å². The van der Waals surface area contributed by atoms with E-state index < -0.39 is 0 Å². The summed E-state index contributed by atoms with van der Waals surface area (Å²) in [6, 6.07) is 18.4. The number of pyridine rings is 1. The molecule has 2 aromatic carbocycles. The van der Waals surface area contributed by atoms with Gasteiger partial charge in [-0.05, 0) is 54.4 Å². The van der Waals surface area contributed by atoms with Gasteiger partial charge in [0.1, 0.15) is 17.2 Å². The zero-order valence-corrected chi connectivity index (χ0v) is 17.9. The topological polar surface area (TPSA) is 83.6 Å². The van der Waals surface area contributed by atoms with Crippen molar-refractivity contribution in [3.05, 3.63) is 83.7 Å². The van der Waals surface area contributed by atoms with Gasteiger partial charge in [-0.3, -0.25) is 14.6 Å². The molecule has 7 nitrogen and oxygen atoms in total. The number of carbonyl (C=O) groups excluding carboxylic acids is 2. The molecule has 0 unspecified atom stereocenters. The lowest BCUT2D eigenvalue weighted by molar-refractivity contribution is 0.0947. The molecule has 31 heavy (non-hydrogen) atoms. The van der Waals surface area contributed by atoms with Gasteiger partial charge >= 0.3 is 0 Å². The molecular formula is C24H26N4O3. The molecule has 1 heterocycles. The lowest BCUT2D eigenvalue weighted by atomic mass is 10.1. The first-order valence-electron chi connectivity index (χ1n) is 9.97. The lowest BCUT2D eigenvalue weighted by Gasteiger charge is -2.12. The van der Waals surface area contributed by atoms with Gasteiger partial charge in [0.2, 0.25) is 0 Å². The third-order valence-corrected chi connectivity index (χ3v) is 4.67. The number of hydrogen-bond acceptors (Lipinski definition) is 5. The molecular weight excluding hydrogens is 392 g/mol. The van der Waals surface area contributed by atoms with Crippen LogP contribution in [0.25, 0.3) is 0 Å². The number of nitrogens with one attached hydrogen (secondary N) is 2. The summed E-state index contributed by atoms with van der Waals surface area (Å²) < 4.78 is 5.87. The summed E-state index contributed by atoms with van der Waals surface area (Å²) in [5, 5.41) is 5.49. The maximum absolute atomic E-state index is 12.3. The molecule has 3 aromatic rings. The highest BCUT2D eigenvalue weighted by Gasteiger charge is 2.08. The maximum Gasteiger partial charge on any atom is 0.269 e. The zero-order chi connectivity index (χ0) is 22.2. The molecule has 2 amide bonds. The Morgan fingerprint density at radius 3 is 2.42 bits per heavy atom. The number of carbonyl (C=O) groups is 2. The minimum Gasteiger partial charge on any atom is -0.457 e. The SMILES string of the molecule is CNC(=O)c1cc(Oc2cccc(CCNC(=O)c3ccc(N(C)C)cc3)c2)ccn1. The van der Waals surface area contributed by atoms with Crippen LogP contribution in [0.5, 0.6) is 11.5 Å². The quantitative estimate of drug-likeness (QED) is 0.587. The lowest BCUT2D eigenvalue weighted by Crippen LogP contribution is -2.25. The largest absolute Gasteiger partial charge is 0.457 e. The number of anilines is 1. The van der Waals surface area contributed by atoms with Crippen molar-refractivity contribution in [3.8, 4) is 11.5 Å². The minimum atomic E-state index is -0.272. The van der Waals surface area contributed by atoms with Gasteiger partial charge in [-0.15, -0.1) is 0 Å². The molecule has 0 saturated heterocycles. The molecule has 160 valence electrons. The van der Waals surface area contributed by atoms with Crippen molar-refractivity contribution in [2.45, 2.75) is 6.42 Å². The Morgan fingerprint density at radius 2 is 1.71 bits per heavy atom. The average molecular weight is 418 g/mol. The van der Waals surface area contributed by atoms with Gasteiger partial charge in [0.05, 0.1) is 0 Å². The Morgan fingerprint density at radius 1 is 0.968 bits per heavy atom. The number of aromatic nitrogens is 1. The summed E-state index contributed by atoms with van der Waals surface area (Å²) in [5.41, 5.74) is 3.00. The van der Waals surface area contributed by atoms with Gasteiger partial charge in [0, 0.05) is 51.2 Å². The molecule has 0 atom stereocenters. The second-order valence-corrected chi connectivity index (χ2v) is 7.15. The number of rotatable bonds is 8. The first-order chi connectivity index (χ1) is 15.0. The van der Waals surface area contributed by atoms with Crippen LogP contribution >= 0.6 is 0 Å². The highest BCUT2D eigenvalue weighted by atomic mass is 16.5. The standard InChI is InChI=1S/C24H26N4O3/c1-25-24(30)22-16-21(12-14-26-22)31-20-6-4-5-17(15-20)11-13-27-23(29)18-7-9-19(10-8-18)28(2)3/h4-10,12,14-16H,11,13H2,1-3H3,(H,25,30)(H,27,29). The molecule has 0 fully saturated rings. The van der Waals surface area contributed by atoms with Gasteiger partial charge in [-0.25, -0.2) is 0 Å². The highest BCUT2D eigenvalue weighted by Crippen LogP contribution is 2.22. The van der Waals surface area contributed by atoms with Crippen LogP contribution in [0.1, 0.15) is 26.4 Å². The predicted molar refractivity (Wildman–Crippen MR) is 121 cm³/mol. The van der Waals surface area contributed by atoms with E-state index in [1.165, 1.54) is 6.20 Å². The van der Waals surface area contributed by atoms with Crippen molar-refractivity contribution in [1.82, 2.24) is 15.6 Å². The van der Waals surface area contributed by atoms with Crippen LogP contribution in [-0.4, -0.2) is 44.5 Å². The van der Waals surface area contributed by atoms with Gasteiger partial charge in [-0.1, -0.05) is 12.1 Å². The first-order valence-corrected chi connectivity index (χ1v) is 9.97. The Labute approximate surface area is 182 Å². The summed E-state index contributed by atoms with van der Waals surface area (Å²) in [4.78, 5) is 30.1. The fourth-order valence-electron chi connectivity index (χ4n) is 2.96. The monoisotopic (exact) mass is 418 g/mol. The van der Waals surface area contributed by atoms with Crippen LogP contribution in [-0.2, 0) is 6.42 Å². The van der Waals surface area contributed by atoms with E-state index in [1.54, 1.807) is 19.2 Å². The van der Waals surface area contributed by atoms with Crippen molar-refractivity contribution in [3.63, 3.8) is 0 Å². The fourth-order valence-corrected chi connectivity index (χ4v) is 2.96. The van der Waals surface area contributed by atoms with Crippen LogP contribution < -0.4 is 20.3 Å². The van der Waals surface area contributed by atoms with Crippen molar-refractivity contribution in [1.29, 1.82) is 0 Å². The number of benzene rings is 2. The van der Waals surface area contributed by atoms with Gasteiger partial charge < -0.3 is 20.3 Å². The molecule has 0 aliphatic rings. The van der Waals surface area contributed by atoms with Crippen LogP contribution in [0.2, 0.25) is 0 Å².